The van der Waals surface area contributed by atoms with Crippen molar-refractivity contribution in [2.24, 2.45) is 0 Å². The van der Waals surface area contributed by atoms with E-state index < -0.39 is 46.2 Å². The van der Waals surface area contributed by atoms with Crippen molar-refractivity contribution in [3.8, 4) is 5.75 Å². The number of nitrogens with zero attached hydrogens (tertiary/aromatic N) is 2. The lowest BCUT2D eigenvalue weighted by Gasteiger charge is -2.43. The van der Waals surface area contributed by atoms with Crippen LogP contribution in [0.4, 0.5) is 33.7 Å². The second-order valence-electron chi connectivity index (χ2n) is 16.0. The van der Waals surface area contributed by atoms with Crippen molar-refractivity contribution in [2.45, 2.75) is 95.3 Å². The van der Waals surface area contributed by atoms with Gasteiger partial charge in [-0.15, -0.1) is 0 Å². The van der Waals surface area contributed by atoms with Gasteiger partial charge in [0, 0.05) is 38.8 Å². The number of carbonyl (C=O) groups is 2. The molecule has 2 heterocycles. The molecular formula is C40H47F4N3O5. The number of hydrogen-bond donors (Lipinski definition) is 1. The van der Waals surface area contributed by atoms with E-state index in [0.29, 0.717) is 55.0 Å². The second kappa shape index (κ2) is 14.2. The third kappa shape index (κ3) is 8.01. The van der Waals surface area contributed by atoms with Crippen molar-refractivity contribution in [2.75, 3.05) is 43.2 Å². The van der Waals surface area contributed by atoms with Crippen molar-refractivity contribution < 1.29 is 41.4 Å². The van der Waals surface area contributed by atoms with Crippen molar-refractivity contribution in [1.82, 2.24) is 5.32 Å². The Bertz CT molecular complexity index is 1840. The van der Waals surface area contributed by atoms with Gasteiger partial charge in [-0.1, -0.05) is 12.1 Å². The average Bonchev–Trinajstić information content (AvgIpc) is 3.32. The topological polar surface area (TPSA) is 80.3 Å². The molecule has 3 aromatic rings. The molecule has 1 aliphatic carbocycles. The standard InChI is InChI=1S/C40H47F4N3O5/c1-38(2,3)52-37(49)47-23-39(4,5)51-35-20-33(32(44)19-34(35)47)46-13-11-40(12-14-46)21-25(28-9-8-26(41)18-29(28)40)17-36(48)45-27(22-50-6)15-24-7-10-30(42)31(43)16-24/h7-10,16,18-20,25,27H,11-15,17,21-23H2,1-6H3,(H,45,48)/t25-,27-/m1/s1. The molecule has 0 radical (unpaired) electrons. The molecule has 0 unspecified atom stereocenters. The molecule has 3 aromatic carbocycles. The number of methoxy groups -OCH3 is 1. The van der Waals surface area contributed by atoms with Gasteiger partial charge in [-0.25, -0.2) is 22.4 Å². The third-order valence-corrected chi connectivity index (χ3v) is 10.2. The summed E-state index contributed by atoms with van der Waals surface area (Å²) in [5.74, 6) is -2.76. The molecule has 1 N–H and O–H groups in total. The number of piperidine rings is 1. The van der Waals surface area contributed by atoms with Gasteiger partial charge in [-0.2, -0.15) is 0 Å². The molecule has 1 spiro atoms. The van der Waals surface area contributed by atoms with Gasteiger partial charge in [0.05, 0.1) is 30.6 Å². The quantitative estimate of drug-likeness (QED) is 0.238. The van der Waals surface area contributed by atoms with Gasteiger partial charge in [0.2, 0.25) is 5.91 Å². The smallest absolute Gasteiger partial charge is 0.415 e. The lowest BCUT2D eigenvalue weighted by molar-refractivity contribution is -0.122. The Kier molecular flexibility index (Phi) is 10.3. The van der Waals surface area contributed by atoms with Gasteiger partial charge < -0.3 is 24.4 Å². The van der Waals surface area contributed by atoms with Crippen LogP contribution in [-0.2, 0) is 26.1 Å². The number of anilines is 2. The molecule has 1 saturated heterocycles. The van der Waals surface area contributed by atoms with E-state index in [1.54, 1.807) is 39.0 Å². The molecular weight excluding hydrogens is 678 g/mol. The van der Waals surface area contributed by atoms with Gasteiger partial charge in [0.25, 0.3) is 0 Å². The number of nitrogens with one attached hydrogen (secondary N) is 1. The fourth-order valence-electron chi connectivity index (χ4n) is 8.02. The number of amides is 2. The molecule has 2 aliphatic heterocycles. The van der Waals surface area contributed by atoms with Gasteiger partial charge in [0.1, 0.15) is 28.6 Å². The first-order chi connectivity index (χ1) is 24.5. The Morgan fingerprint density at radius 1 is 0.962 bits per heavy atom. The molecule has 6 rings (SSSR count). The first-order valence-corrected chi connectivity index (χ1v) is 17.8. The monoisotopic (exact) mass is 725 g/mol. The zero-order chi connectivity index (χ0) is 37.6. The fourth-order valence-corrected chi connectivity index (χ4v) is 8.02. The maximum atomic E-state index is 15.9. The zero-order valence-corrected chi connectivity index (χ0v) is 30.6. The molecule has 0 saturated carbocycles. The van der Waals surface area contributed by atoms with Crippen LogP contribution < -0.4 is 19.9 Å². The summed E-state index contributed by atoms with van der Waals surface area (Å²) in [5.41, 5.74) is 1.11. The van der Waals surface area contributed by atoms with Crippen LogP contribution in [0.3, 0.4) is 0 Å². The minimum absolute atomic E-state index is 0.156. The molecule has 1 fully saturated rings. The van der Waals surface area contributed by atoms with E-state index in [1.165, 1.54) is 30.2 Å². The summed E-state index contributed by atoms with van der Waals surface area (Å²) in [6.07, 6.45) is 1.67. The Labute approximate surface area is 302 Å². The van der Waals surface area contributed by atoms with Crippen molar-refractivity contribution in [3.63, 3.8) is 0 Å². The van der Waals surface area contributed by atoms with E-state index in [1.807, 2.05) is 18.7 Å². The van der Waals surface area contributed by atoms with Gasteiger partial charge in [-0.3, -0.25) is 9.69 Å². The van der Waals surface area contributed by atoms with Crippen LogP contribution in [0.5, 0.6) is 5.75 Å². The summed E-state index contributed by atoms with van der Waals surface area (Å²) < 4.78 is 75.2. The number of carbonyl (C=O) groups excluding carboxylic acids is 2. The second-order valence-corrected chi connectivity index (χ2v) is 16.0. The number of halogens is 4. The van der Waals surface area contributed by atoms with Crippen LogP contribution >= 0.6 is 0 Å². The molecule has 2 amide bonds. The van der Waals surface area contributed by atoms with Crippen LogP contribution in [0, 0.1) is 23.3 Å². The lowest BCUT2D eigenvalue weighted by atomic mass is 9.73. The highest BCUT2D eigenvalue weighted by atomic mass is 19.2. The normalized spacial score (nSPS) is 19.5. The van der Waals surface area contributed by atoms with E-state index in [9.17, 15) is 22.8 Å². The summed E-state index contributed by atoms with van der Waals surface area (Å²) in [4.78, 5) is 30.0. The number of ether oxygens (including phenoxy) is 3. The fraction of sp³-hybridized carbons (Fsp3) is 0.500. The van der Waals surface area contributed by atoms with Crippen molar-refractivity contribution in [3.05, 3.63) is 88.5 Å². The molecule has 2 atom stereocenters. The number of hydrogen-bond acceptors (Lipinski definition) is 6. The highest BCUT2D eigenvalue weighted by Gasteiger charge is 2.47. The summed E-state index contributed by atoms with van der Waals surface area (Å²) in [7, 11) is 1.50. The minimum atomic E-state index is -0.956. The average molecular weight is 726 g/mol. The molecule has 0 bridgehead atoms. The summed E-state index contributed by atoms with van der Waals surface area (Å²) in [6, 6.07) is 10.9. The highest BCUT2D eigenvalue weighted by molar-refractivity contribution is 5.91. The third-order valence-electron chi connectivity index (χ3n) is 10.2. The van der Waals surface area contributed by atoms with Gasteiger partial charge >= 0.3 is 6.09 Å². The number of fused-ring (bicyclic) bond motifs is 3. The zero-order valence-electron chi connectivity index (χ0n) is 30.6. The Morgan fingerprint density at radius 2 is 1.69 bits per heavy atom. The molecule has 3 aliphatic rings. The SMILES string of the molecule is COC[C@@H](Cc1ccc(F)c(F)c1)NC(=O)C[C@@H]1CC2(CCN(c3cc4c(cc3F)N(C(=O)OC(C)(C)C)CC(C)(C)O4)CC2)c2cc(F)ccc21. The predicted octanol–water partition coefficient (Wildman–Crippen LogP) is 7.95. The van der Waals surface area contributed by atoms with E-state index in [0.717, 1.165) is 23.3 Å². The van der Waals surface area contributed by atoms with Gasteiger partial charge in [0.15, 0.2) is 11.6 Å². The van der Waals surface area contributed by atoms with Crippen LogP contribution in [0.25, 0.3) is 0 Å². The molecule has 280 valence electrons. The van der Waals surface area contributed by atoms with E-state index in [-0.39, 0.29) is 43.6 Å². The van der Waals surface area contributed by atoms with Gasteiger partial charge in [-0.05, 0) is 113 Å². The van der Waals surface area contributed by atoms with Crippen molar-refractivity contribution >= 4 is 23.4 Å². The molecule has 0 aromatic heterocycles. The predicted molar refractivity (Wildman–Crippen MR) is 190 cm³/mol. The minimum Gasteiger partial charge on any atom is -0.484 e. The van der Waals surface area contributed by atoms with Crippen LogP contribution in [0.15, 0.2) is 48.5 Å². The molecule has 52 heavy (non-hydrogen) atoms. The molecule has 8 nitrogen and oxygen atoms in total. The number of benzene rings is 3. The van der Waals surface area contributed by atoms with Crippen LogP contribution in [0.1, 0.15) is 82.9 Å². The van der Waals surface area contributed by atoms with E-state index >= 15 is 4.39 Å². The number of rotatable bonds is 8. The maximum Gasteiger partial charge on any atom is 0.415 e. The Hall–Kier alpha value is -4.32. The van der Waals surface area contributed by atoms with Crippen molar-refractivity contribution in [1.29, 1.82) is 0 Å². The van der Waals surface area contributed by atoms with Crippen LogP contribution in [-0.4, -0.2) is 62.6 Å². The van der Waals surface area contributed by atoms with Crippen LogP contribution in [0.2, 0.25) is 0 Å². The Morgan fingerprint density at radius 3 is 2.37 bits per heavy atom. The van der Waals surface area contributed by atoms with E-state index in [4.69, 9.17) is 14.2 Å². The highest BCUT2D eigenvalue weighted by Crippen LogP contribution is 2.54. The maximum absolute atomic E-state index is 15.9. The van der Waals surface area contributed by atoms with E-state index in [2.05, 4.69) is 5.32 Å². The molecule has 12 heteroatoms. The lowest BCUT2D eigenvalue weighted by Crippen LogP contribution is -2.50. The summed E-state index contributed by atoms with van der Waals surface area (Å²) in [5, 5.41) is 3.00. The first-order valence-electron chi connectivity index (χ1n) is 17.8. The largest absolute Gasteiger partial charge is 0.484 e. The summed E-state index contributed by atoms with van der Waals surface area (Å²) >= 11 is 0. The Balaban J connectivity index is 1.17. The first kappa shape index (κ1) is 37.4. The summed E-state index contributed by atoms with van der Waals surface area (Å²) in [6.45, 7) is 10.4.